The molecule has 0 radical (unpaired) electrons. The number of ether oxygens (including phenoxy) is 1. The van der Waals surface area contributed by atoms with Gasteiger partial charge in [0, 0.05) is 6.54 Å². The number of hydrogen-bond donors (Lipinski definition) is 2. The number of benzene rings is 2. The van der Waals surface area contributed by atoms with Gasteiger partial charge in [0.1, 0.15) is 5.75 Å². The fraction of sp³-hybridized carbons (Fsp3) is 0.143. The van der Waals surface area contributed by atoms with Gasteiger partial charge in [0.25, 0.3) is 5.91 Å². The largest absolute Gasteiger partial charge is 0.479 e. The van der Waals surface area contributed by atoms with E-state index in [2.05, 4.69) is 15.5 Å². The van der Waals surface area contributed by atoms with Gasteiger partial charge in [-0.1, -0.05) is 65.4 Å². The number of carbonyl (C=O) groups is 2. The van der Waals surface area contributed by atoms with Crippen LogP contribution in [0.15, 0.2) is 54.6 Å². The molecule has 1 unspecified atom stereocenters. The quantitative estimate of drug-likeness (QED) is 0.544. The number of carboxylic acid groups (broad SMARTS) is 1. The van der Waals surface area contributed by atoms with Crippen molar-refractivity contribution in [1.82, 2.24) is 15.5 Å². The lowest BCUT2D eigenvalue weighted by molar-refractivity contribution is -0.144. The van der Waals surface area contributed by atoms with Gasteiger partial charge in [-0.25, -0.2) is 4.79 Å². The van der Waals surface area contributed by atoms with Gasteiger partial charge < -0.3 is 15.2 Å². The van der Waals surface area contributed by atoms with Gasteiger partial charge in [-0.05, 0) is 36.3 Å². The first kappa shape index (κ1) is 21.5. The third-order valence-corrected chi connectivity index (χ3v) is 5.29. The van der Waals surface area contributed by atoms with Crippen molar-refractivity contribution in [2.75, 3.05) is 0 Å². The molecule has 1 heterocycles. The summed E-state index contributed by atoms with van der Waals surface area (Å²) >= 11 is 7.42. The Hall–Kier alpha value is -3.23. The van der Waals surface area contributed by atoms with Crippen LogP contribution in [0.1, 0.15) is 32.9 Å². The number of carbonyl (C=O) groups excluding carboxylic acids is 1. The molecule has 0 spiro atoms. The van der Waals surface area contributed by atoms with Crippen molar-refractivity contribution in [3.05, 3.63) is 75.7 Å². The molecule has 0 aliphatic heterocycles. The number of nitrogens with one attached hydrogen (secondary N) is 1. The Morgan fingerprint density at radius 1 is 1.17 bits per heavy atom. The maximum absolute atomic E-state index is 12.3. The molecule has 0 saturated heterocycles. The summed E-state index contributed by atoms with van der Waals surface area (Å²) in [5.74, 6) is -0.979. The summed E-state index contributed by atoms with van der Waals surface area (Å²) in [6, 6.07) is 16.4. The molecular weight excluding hydrogens is 426 g/mol. The van der Waals surface area contributed by atoms with E-state index in [0.29, 0.717) is 27.9 Å². The second kappa shape index (κ2) is 10.00. The maximum Gasteiger partial charge on any atom is 0.344 e. The molecule has 3 aromatic rings. The Morgan fingerprint density at radius 2 is 1.90 bits per heavy atom. The summed E-state index contributed by atoms with van der Waals surface area (Å²) in [4.78, 5) is 23.2. The number of halogens is 1. The van der Waals surface area contributed by atoms with Gasteiger partial charge in [0.05, 0.1) is 5.03 Å². The third-order valence-electron chi connectivity index (χ3n) is 3.93. The molecule has 0 fully saturated rings. The van der Waals surface area contributed by atoms with E-state index in [9.17, 15) is 9.59 Å². The maximum atomic E-state index is 12.3. The minimum absolute atomic E-state index is 0.208. The third kappa shape index (κ3) is 5.88. The van der Waals surface area contributed by atoms with E-state index in [1.54, 1.807) is 30.3 Å². The molecule has 1 aromatic heterocycles. The molecule has 0 bridgehead atoms. The van der Waals surface area contributed by atoms with Crippen molar-refractivity contribution >= 4 is 45.9 Å². The summed E-state index contributed by atoms with van der Waals surface area (Å²) in [6.45, 7) is 1.84. The molecule has 0 aliphatic carbocycles. The second-order valence-electron chi connectivity index (χ2n) is 6.24. The zero-order chi connectivity index (χ0) is 21.5. The minimum Gasteiger partial charge on any atom is -0.479 e. The van der Waals surface area contributed by atoms with E-state index in [4.69, 9.17) is 21.4 Å². The number of rotatable bonds is 8. The molecule has 1 amide bonds. The molecule has 30 heavy (non-hydrogen) atoms. The Labute approximate surface area is 182 Å². The van der Waals surface area contributed by atoms with Crippen molar-refractivity contribution in [2.45, 2.75) is 19.6 Å². The van der Waals surface area contributed by atoms with Crippen LogP contribution >= 0.6 is 22.9 Å². The van der Waals surface area contributed by atoms with Gasteiger partial charge in [0.2, 0.25) is 5.01 Å². The highest BCUT2D eigenvalue weighted by Gasteiger charge is 2.15. The van der Waals surface area contributed by atoms with E-state index >= 15 is 0 Å². The predicted octanol–water partition coefficient (Wildman–Crippen LogP) is 4.06. The fourth-order valence-electron chi connectivity index (χ4n) is 2.41. The normalized spacial score (nSPS) is 12.3. The number of carboxylic acids is 1. The zero-order valence-corrected chi connectivity index (χ0v) is 17.5. The smallest absolute Gasteiger partial charge is 0.344 e. The first-order valence-electron chi connectivity index (χ1n) is 8.95. The Balaban J connectivity index is 1.66. The molecule has 3 rings (SSSR count). The molecule has 0 aliphatic rings. The van der Waals surface area contributed by atoms with Crippen LogP contribution in [-0.2, 0) is 11.3 Å². The number of aromatic nitrogens is 2. The number of nitrogens with zero attached hydrogens (tertiary/aromatic N) is 2. The van der Waals surface area contributed by atoms with Crippen LogP contribution in [0, 0.1) is 0 Å². The van der Waals surface area contributed by atoms with E-state index in [1.807, 2.05) is 30.3 Å². The first-order valence-corrected chi connectivity index (χ1v) is 10.1. The Morgan fingerprint density at radius 3 is 2.63 bits per heavy atom. The van der Waals surface area contributed by atoms with Crippen molar-refractivity contribution in [3.63, 3.8) is 0 Å². The SMILES string of the molecule is CC(Oc1cccc(/C=C(/Cl)c2nnc(C(=O)NCc3ccccc3)s2)c1)C(=O)O. The molecular formula is C21H18ClN3O4S. The van der Waals surface area contributed by atoms with E-state index < -0.39 is 12.1 Å². The highest BCUT2D eigenvalue weighted by molar-refractivity contribution is 7.15. The summed E-state index contributed by atoms with van der Waals surface area (Å²) in [7, 11) is 0. The van der Waals surface area contributed by atoms with Gasteiger partial charge in [0.15, 0.2) is 11.1 Å². The summed E-state index contributed by atoms with van der Waals surface area (Å²) < 4.78 is 5.35. The molecule has 7 nitrogen and oxygen atoms in total. The number of aliphatic carboxylic acids is 1. The van der Waals surface area contributed by atoms with Crippen LogP contribution in [0.2, 0.25) is 0 Å². The Kier molecular flexibility index (Phi) is 7.16. The van der Waals surface area contributed by atoms with Crippen molar-refractivity contribution < 1.29 is 19.4 Å². The predicted molar refractivity (Wildman–Crippen MR) is 115 cm³/mol. The van der Waals surface area contributed by atoms with Crippen LogP contribution in [0.4, 0.5) is 0 Å². The lowest BCUT2D eigenvalue weighted by Crippen LogP contribution is -2.22. The van der Waals surface area contributed by atoms with Crippen LogP contribution in [0.3, 0.4) is 0 Å². The molecule has 1 atom stereocenters. The molecule has 0 saturated carbocycles. The fourth-order valence-corrected chi connectivity index (χ4v) is 3.35. The monoisotopic (exact) mass is 443 g/mol. The number of amides is 1. The van der Waals surface area contributed by atoms with Gasteiger partial charge in [-0.15, -0.1) is 10.2 Å². The van der Waals surface area contributed by atoms with Crippen LogP contribution < -0.4 is 10.1 Å². The highest BCUT2D eigenvalue weighted by Crippen LogP contribution is 2.26. The van der Waals surface area contributed by atoms with Crippen LogP contribution in [0.25, 0.3) is 11.1 Å². The van der Waals surface area contributed by atoms with E-state index in [-0.39, 0.29) is 10.9 Å². The summed E-state index contributed by atoms with van der Waals surface area (Å²) in [6.07, 6.45) is 0.672. The van der Waals surface area contributed by atoms with Crippen LogP contribution in [-0.4, -0.2) is 33.3 Å². The van der Waals surface area contributed by atoms with Gasteiger partial charge in [-0.3, -0.25) is 4.79 Å². The average Bonchev–Trinajstić information content (AvgIpc) is 3.23. The highest BCUT2D eigenvalue weighted by atomic mass is 35.5. The van der Waals surface area contributed by atoms with Crippen molar-refractivity contribution in [1.29, 1.82) is 0 Å². The summed E-state index contributed by atoms with van der Waals surface area (Å²) in [5, 5.41) is 20.5. The van der Waals surface area contributed by atoms with Crippen molar-refractivity contribution in [2.24, 2.45) is 0 Å². The van der Waals surface area contributed by atoms with E-state index in [0.717, 1.165) is 16.9 Å². The molecule has 2 aromatic carbocycles. The molecule has 9 heteroatoms. The van der Waals surface area contributed by atoms with E-state index in [1.165, 1.54) is 6.92 Å². The van der Waals surface area contributed by atoms with Crippen molar-refractivity contribution in [3.8, 4) is 5.75 Å². The average molecular weight is 444 g/mol. The number of hydrogen-bond acceptors (Lipinski definition) is 6. The standard InChI is InChI=1S/C21H18ClN3O4S/c1-13(21(27)28)29-16-9-5-8-15(10-16)11-17(22)19-24-25-20(30-19)18(26)23-12-14-6-3-2-4-7-14/h2-11,13H,12H2,1H3,(H,23,26)(H,27,28)/b17-11+. The second-order valence-corrected chi connectivity index (χ2v) is 7.63. The molecule has 2 N–H and O–H groups in total. The van der Waals surface area contributed by atoms with Crippen LogP contribution in [0.5, 0.6) is 5.75 Å². The summed E-state index contributed by atoms with van der Waals surface area (Å²) in [5.41, 5.74) is 1.67. The minimum atomic E-state index is -1.05. The zero-order valence-electron chi connectivity index (χ0n) is 15.9. The van der Waals surface area contributed by atoms with Gasteiger partial charge >= 0.3 is 5.97 Å². The van der Waals surface area contributed by atoms with Gasteiger partial charge in [-0.2, -0.15) is 0 Å². The Bertz CT molecular complexity index is 1070. The first-order chi connectivity index (χ1) is 14.4. The topological polar surface area (TPSA) is 101 Å². The lowest BCUT2D eigenvalue weighted by Gasteiger charge is -2.10. The lowest BCUT2D eigenvalue weighted by atomic mass is 10.2. The molecule has 154 valence electrons.